The van der Waals surface area contributed by atoms with Gasteiger partial charge in [0.1, 0.15) is 17.5 Å². The van der Waals surface area contributed by atoms with E-state index < -0.39 is 12.1 Å². The van der Waals surface area contributed by atoms with Crippen LogP contribution in [-0.4, -0.2) is 64.9 Å². The molecule has 2 unspecified atom stereocenters. The predicted octanol–water partition coefficient (Wildman–Crippen LogP) is 3.98. The number of nitrogens with one attached hydrogen (secondary N) is 2. The number of aromatic nitrogens is 1. The van der Waals surface area contributed by atoms with E-state index in [9.17, 15) is 14.7 Å². The highest BCUT2D eigenvalue weighted by Crippen LogP contribution is 2.40. The standard InChI is InChI=1S/C30H35N5O4/c1-18-5-4-10-32-28(18)34-29(36)23-14-24(30(37)38)26(13-19(23)2)39-27(17-35-12-11-31-20(3)16-35)25-9-8-22(15-33-25)21-6-7-21/h4-5,8-10,13-15,21,27-28,32H,6-7,11-12,16-17H2,1-3H3,(H,34,36)(H,37,38). The van der Waals surface area contributed by atoms with Crippen molar-refractivity contribution in [2.24, 2.45) is 4.99 Å². The van der Waals surface area contributed by atoms with E-state index in [1.54, 1.807) is 19.2 Å². The Morgan fingerprint density at radius 1 is 1.21 bits per heavy atom. The monoisotopic (exact) mass is 529 g/mol. The largest absolute Gasteiger partial charge is 0.482 e. The second kappa shape index (κ2) is 11.4. The topological polar surface area (TPSA) is 116 Å². The smallest absolute Gasteiger partial charge is 0.339 e. The number of carbonyl (C=O) groups excluding carboxylic acids is 1. The summed E-state index contributed by atoms with van der Waals surface area (Å²) in [6.45, 7) is 8.48. The van der Waals surface area contributed by atoms with Crippen LogP contribution in [0.2, 0.25) is 0 Å². The first-order valence-electron chi connectivity index (χ1n) is 13.4. The molecule has 0 radical (unpaired) electrons. The van der Waals surface area contributed by atoms with Crippen molar-refractivity contribution >= 4 is 17.6 Å². The van der Waals surface area contributed by atoms with E-state index in [-0.39, 0.29) is 28.9 Å². The highest BCUT2D eigenvalue weighted by atomic mass is 16.5. The molecule has 2 aromatic rings. The number of aryl methyl sites for hydroxylation is 1. The third kappa shape index (κ3) is 6.37. The highest BCUT2D eigenvalue weighted by molar-refractivity contribution is 6.00. The summed E-state index contributed by atoms with van der Waals surface area (Å²) >= 11 is 0. The van der Waals surface area contributed by atoms with Crippen LogP contribution in [-0.2, 0) is 0 Å². The van der Waals surface area contributed by atoms with Gasteiger partial charge in [0.15, 0.2) is 6.10 Å². The summed E-state index contributed by atoms with van der Waals surface area (Å²) < 4.78 is 6.44. The van der Waals surface area contributed by atoms with E-state index in [4.69, 9.17) is 9.72 Å². The first kappa shape index (κ1) is 26.6. The highest BCUT2D eigenvalue weighted by Gasteiger charge is 2.28. The van der Waals surface area contributed by atoms with E-state index in [0.717, 1.165) is 36.6 Å². The second-order valence-electron chi connectivity index (χ2n) is 10.6. The number of carboxylic acids is 1. The number of benzene rings is 1. The lowest BCUT2D eigenvalue weighted by atomic mass is 10.0. The summed E-state index contributed by atoms with van der Waals surface area (Å²) in [6.07, 6.45) is 8.97. The number of aromatic carboxylic acids is 1. The first-order chi connectivity index (χ1) is 18.8. The Hall–Kier alpha value is -3.98. The zero-order chi connectivity index (χ0) is 27.5. The summed E-state index contributed by atoms with van der Waals surface area (Å²) in [4.78, 5) is 36.9. The fourth-order valence-corrected chi connectivity index (χ4v) is 4.97. The molecule has 1 fully saturated rings. The summed E-state index contributed by atoms with van der Waals surface area (Å²) in [6, 6.07) is 7.13. The van der Waals surface area contributed by atoms with Crippen LogP contribution in [0.15, 0.2) is 59.4 Å². The zero-order valence-electron chi connectivity index (χ0n) is 22.6. The number of nitrogens with zero attached hydrogens (tertiary/aromatic N) is 3. The van der Waals surface area contributed by atoms with Gasteiger partial charge in [0, 0.05) is 37.1 Å². The van der Waals surface area contributed by atoms with Gasteiger partial charge in [0.2, 0.25) is 0 Å². The molecule has 1 aromatic carbocycles. The fourth-order valence-electron chi connectivity index (χ4n) is 4.97. The average Bonchev–Trinajstić information content (AvgIpc) is 3.75. The van der Waals surface area contributed by atoms with Gasteiger partial charge in [-0.3, -0.25) is 19.7 Å². The van der Waals surface area contributed by atoms with Gasteiger partial charge in [-0.2, -0.15) is 0 Å². The molecule has 1 aromatic heterocycles. The summed E-state index contributed by atoms with van der Waals surface area (Å²) in [5, 5.41) is 16.1. The molecule has 0 bridgehead atoms. The van der Waals surface area contributed by atoms with Crippen molar-refractivity contribution in [2.75, 3.05) is 26.2 Å². The summed E-state index contributed by atoms with van der Waals surface area (Å²) in [5.41, 5.74) is 4.82. The number of ether oxygens (including phenoxy) is 1. The molecular weight excluding hydrogens is 494 g/mol. The van der Waals surface area contributed by atoms with Gasteiger partial charge >= 0.3 is 5.97 Å². The van der Waals surface area contributed by atoms with E-state index >= 15 is 0 Å². The minimum Gasteiger partial charge on any atom is -0.482 e. The molecule has 39 heavy (non-hydrogen) atoms. The van der Waals surface area contributed by atoms with Gasteiger partial charge in [-0.05, 0) is 86.7 Å². The van der Waals surface area contributed by atoms with Crippen LogP contribution in [0.25, 0.3) is 0 Å². The third-order valence-corrected chi connectivity index (χ3v) is 7.38. The Kier molecular flexibility index (Phi) is 7.79. The van der Waals surface area contributed by atoms with E-state index in [2.05, 4.69) is 26.6 Å². The van der Waals surface area contributed by atoms with Crippen LogP contribution >= 0.6 is 0 Å². The zero-order valence-corrected chi connectivity index (χ0v) is 22.6. The molecule has 9 nitrogen and oxygen atoms in total. The van der Waals surface area contributed by atoms with Crippen molar-refractivity contribution in [3.63, 3.8) is 0 Å². The molecule has 2 atom stereocenters. The normalized spacial score (nSPS) is 19.9. The molecule has 1 amide bonds. The van der Waals surface area contributed by atoms with Gasteiger partial charge in [-0.25, -0.2) is 4.79 Å². The quantitative estimate of drug-likeness (QED) is 0.450. The number of amides is 1. The third-order valence-electron chi connectivity index (χ3n) is 7.38. The lowest BCUT2D eigenvalue weighted by Crippen LogP contribution is -2.45. The molecule has 9 heteroatoms. The van der Waals surface area contributed by atoms with Crippen molar-refractivity contribution in [1.29, 1.82) is 0 Å². The van der Waals surface area contributed by atoms with E-state index in [0.29, 0.717) is 18.0 Å². The van der Waals surface area contributed by atoms with Crippen molar-refractivity contribution in [2.45, 2.75) is 51.8 Å². The Morgan fingerprint density at radius 3 is 2.69 bits per heavy atom. The number of aliphatic imine (C=N–C) groups is 1. The number of hydrogen-bond donors (Lipinski definition) is 3. The SMILES string of the molecule is CC1=CC=CNC1NC(=O)c1cc(C(=O)O)c(OC(CN2CCN=C(C)C2)c2ccc(C3CC3)cn2)cc1C. The molecule has 1 aliphatic carbocycles. The number of dihydropyridines is 1. The van der Waals surface area contributed by atoms with Crippen LogP contribution in [0.1, 0.15) is 76.2 Å². The molecular formula is C30H35N5O4. The van der Waals surface area contributed by atoms with Gasteiger partial charge in [0.05, 0.1) is 12.2 Å². The Balaban J connectivity index is 1.42. The molecule has 0 saturated heterocycles. The van der Waals surface area contributed by atoms with Gasteiger partial charge < -0.3 is 20.5 Å². The molecule has 3 heterocycles. The minimum absolute atomic E-state index is 0.0644. The average molecular weight is 530 g/mol. The summed E-state index contributed by atoms with van der Waals surface area (Å²) in [7, 11) is 0. The lowest BCUT2D eigenvalue weighted by molar-refractivity contribution is 0.0685. The first-order valence-corrected chi connectivity index (χ1v) is 13.4. The van der Waals surface area contributed by atoms with Crippen molar-refractivity contribution in [3.05, 3.63) is 82.3 Å². The number of pyridine rings is 1. The molecule has 5 rings (SSSR count). The molecule has 0 spiro atoms. The van der Waals surface area contributed by atoms with Gasteiger partial charge in [-0.1, -0.05) is 12.1 Å². The Labute approximate surface area is 228 Å². The maximum absolute atomic E-state index is 13.1. The molecule has 3 aliphatic rings. The predicted molar refractivity (Wildman–Crippen MR) is 149 cm³/mol. The number of carboxylic acid groups (broad SMARTS) is 1. The molecule has 204 valence electrons. The van der Waals surface area contributed by atoms with Crippen LogP contribution < -0.4 is 15.4 Å². The number of allylic oxidation sites excluding steroid dienone is 2. The van der Waals surface area contributed by atoms with E-state index in [1.165, 1.54) is 24.5 Å². The van der Waals surface area contributed by atoms with Crippen molar-refractivity contribution in [3.8, 4) is 5.75 Å². The molecule has 3 N–H and O–H groups in total. The molecule has 1 saturated carbocycles. The van der Waals surface area contributed by atoms with Crippen molar-refractivity contribution in [1.82, 2.24) is 20.5 Å². The van der Waals surface area contributed by atoms with Crippen molar-refractivity contribution < 1.29 is 19.4 Å². The van der Waals surface area contributed by atoms with E-state index in [1.807, 2.05) is 38.3 Å². The summed E-state index contributed by atoms with van der Waals surface area (Å²) in [5.74, 6) is -0.720. The Bertz CT molecular complexity index is 1340. The van der Waals surface area contributed by atoms with Crippen LogP contribution in [0.4, 0.5) is 0 Å². The maximum atomic E-state index is 13.1. The molecule has 2 aliphatic heterocycles. The lowest BCUT2D eigenvalue weighted by Gasteiger charge is -2.30. The number of carbonyl (C=O) groups is 2. The number of hydrogen-bond acceptors (Lipinski definition) is 7. The fraction of sp³-hybridized carbons (Fsp3) is 0.400. The van der Waals surface area contributed by atoms with Crippen LogP contribution in [0, 0.1) is 6.92 Å². The second-order valence-corrected chi connectivity index (χ2v) is 10.6. The minimum atomic E-state index is -1.16. The van der Waals surface area contributed by atoms with Gasteiger partial charge in [0.25, 0.3) is 5.91 Å². The maximum Gasteiger partial charge on any atom is 0.339 e. The van der Waals surface area contributed by atoms with Gasteiger partial charge in [-0.15, -0.1) is 0 Å². The number of rotatable bonds is 9. The van der Waals surface area contributed by atoms with Crippen LogP contribution in [0.3, 0.4) is 0 Å². The Morgan fingerprint density at radius 2 is 2.03 bits per heavy atom. The van der Waals surface area contributed by atoms with Crippen LogP contribution in [0.5, 0.6) is 5.75 Å².